The lowest BCUT2D eigenvalue weighted by Gasteiger charge is -2.14. The minimum atomic E-state index is -0.0871. The van der Waals surface area contributed by atoms with Crippen LogP contribution in [0.15, 0.2) is 39.1 Å². The Balaban J connectivity index is 1.54. The Labute approximate surface area is 177 Å². The first-order chi connectivity index (χ1) is 14.2. The average molecular weight is 434 g/mol. The molecule has 4 rings (SSSR count). The van der Waals surface area contributed by atoms with Gasteiger partial charge in [-0.25, -0.2) is 4.98 Å². The lowest BCUT2D eigenvalue weighted by atomic mass is 10.2. The first-order valence-electron chi connectivity index (χ1n) is 9.60. The van der Waals surface area contributed by atoms with Crippen LogP contribution in [0.25, 0.3) is 5.69 Å². The van der Waals surface area contributed by atoms with Crippen LogP contribution >= 0.6 is 23.5 Å². The monoisotopic (exact) mass is 433 g/mol. The smallest absolute Gasteiger partial charge is 0.272 e. The maximum absolute atomic E-state index is 13.1. The van der Waals surface area contributed by atoms with Crippen molar-refractivity contribution in [2.45, 2.75) is 35.4 Å². The van der Waals surface area contributed by atoms with Crippen LogP contribution < -0.4 is 15.6 Å². The lowest BCUT2D eigenvalue weighted by Crippen LogP contribution is -2.33. The number of carbonyl (C=O) groups is 1. The number of nitrogens with zero attached hydrogens (tertiary/aromatic N) is 2. The molecule has 0 bridgehead atoms. The predicted octanol–water partition coefficient (Wildman–Crippen LogP) is 2.28. The van der Waals surface area contributed by atoms with Gasteiger partial charge in [0.15, 0.2) is 5.16 Å². The highest BCUT2D eigenvalue weighted by molar-refractivity contribution is 8.00. The van der Waals surface area contributed by atoms with Crippen molar-refractivity contribution in [3.63, 3.8) is 0 Å². The van der Waals surface area contributed by atoms with Gasteiger partial charge in [-0.05, 0) is 37.1 Å². The molecule has 29 heavy (non-hydrogen) atoms. The summed E-state index contributed by atoms with van der Waals surface area (Å²) in [6.07, 6.45) is 2.91. The number of aromatic nitrogens is 2. The molecule has 0 unspecified atom stereocenters. The summed E-state index contributed by atoms with van der Waals surface area (Å²) in [4.78, 5) is 30.8. The number of thioether (sulfide) groups is 2. The number of hydrogen-bond donors (Lipinski definition) is 1. The van der Waals surface area contributed by atoms with Gasteiger partial charge >= 0.3 is 0 Å². The minimum absolute atomic E-state index is 0.0788. The van der Waals surface area contributed by atoms with Crippen LogP contribution in [0.2, 0.25) is 0 Å². The standard InChI is InChI=1S/C20H23N3O4S2/c1-26-14-6-4-13(5-7-14)23-19(25)18-16(8-10-28-18)22-20(23)29-12-17(24)21-11-15-3-2-9-27-15/h4-7,15H,2-3,8-12H2,1H3,(H,21,24)/t15-/m0/s1. The molecule has 2 aromatic rings. The van der Waals surface area contributed by atoms with Gasteiger partial charge in [0, 0.05) is 25.3 Å². The van der Waals surface area contributed by atoms with Gasteiger partial charge in [0.25, 0.3) is 5.56 Å². The second kappa shape index (κ2) is 9.23. The number of aryl methyl sites for hydroxylation is 1. The molecule has 2 aliphatic heterocycles. The van der Waals surface area contributed by atoms with Crippen LogP contribution in [-0.4, -0.2) is 53.3 Å². The molecule has 0 radical (unpaired) electrons. The number of rotatable bonds is 7. The Hall–Kier alpha value is -1.97. The molecule has 1 atom stereocenters. The van der Waals surface area contributed by atoms with Gasteiger partial charge < -0.3 is 14.8 Å². The van der Waals surface area contributed by atoms with Crippen molar-refractivity contribution in [3.8, 4) is 11.4 Å². The molecular formula is C20H23N3O4S2. The van der Waals surface area contributed by atoms with Gasteiger partial charge in [-0.2, -0.15) is 0 Å². The van der Waals surface area contributed by atoms with Crippen molar-refractivity contribution >= 4 is 29.4 Å². The normalized spacial score (nSPS) is 17.9. The fourth-order valence-electron chi connectivity index (χ4n) is 3.36. The summed E-state index contributed by atoms with van der Waals surface area (Å²) in [5.41, 5.74) is 1.46. The summed E-state index contributed by atoms with van der Waals surface area (Å²) in [5.74, 6) is 1.68. The van der Waals surface area contributed by atoms with Gasteiger partial charge in [0.1, 0.15) is 5.75 Å². The molecule has 1 aromatic heterocycles. The third-order valence-electron chi connectivity index (χ3n) is 4.88. The zero-order chi connectivity index (χ0) is 20.2. The van der Waals surface area contributed by atoms with Crippen LogP contribution in [0.4, 0.5) is 0 Å². The van der Waals surface area contributed by atoms with Crippen LogP contribution in [0.1, 0.15) is 18.5 Å². The number of methoxy groups -OCH3 is 1. The van der Waals surface area contributed by atoms with E-state index < -0.39 is 0 Å². The molecule has 1 fully saturated rings. The minimum Gasteiger partial charge on any atom is -0.497 e. The van der Waals surface area contributed by atoms with E-state index in [9.17, 15) is 9.59 Å². The second-order valence-corrected chi connectivity index (χ2v) is 8.88. The van der Waals surface area contributed by atoms with Crippen LogP contribution in [0.5, 0.6) is 5.75 Å². The van der Waals surface area contributed by atoms with Crippen LogP contribution in [0, 0.1) is 0 Å². The SMILES string of the molecule is COc1ccc(-n2c(SCC(=O)NC[C@@H]3CCCO3)nc3c(c2=O)SCC3)cc1. The van der Waals surface area contributed by atoms with Gasteiger partial charge in [0.05, 0.1) is 35.2 Å². The molecule has 9 heteroatoms. The number of hydrogen-bond acceptors (Lipinski definition) is 7. The summed E-state index contributed by atoms with van der Waals surface area (Å²) < 4.78 is 12.3. The Morgan fingerprint density at radius 3 is 2.97 bits per heavy atom. The van der Waals surface area contributed by atoms with Gasteiger partial charge in [-0.1, -0.05) is 11.8 Å². The van der Waals surface area contributed by atoms with Crippen molar-refractivity contribution in [2.24, 2.45) is 0 Å². The number of amides is 1. The largest absolute Gasteiger partial charge is 0.497 e. The highest BCUT2D eigenvalue weighted by atomic mass is 32.2. The van der Waals surface area contributed by atoms with E-state index in [1.54, 1.807) is 23.4 Å². The zero-order valence-electron chi connectivity index (χ0n) is 16.2. The van der Waals surface area contributed by atoms with Crippen molar-refractivity contribution in [2.75, 3.05) is 31.8 Å². The van der Waals surface area contributed by atoms with Crippen molar-refractivity contribution < 1.29 is 14.3 Å². The summed E-state index contributed by atoms with van der Waals surface area (Å²) >= 11 is 2.82. The Kier molecular flexibility index (Phi) is 6.46. The molecule has 0 aliphatic carbocycles. The van der Waals surface area contributed by atoms with E-state index in [2.05, 4.69) is 5.32 Å². The quantitative estimate of drug-likeness (QED) is 0.530. The Bertz CT molecular complexity index is 940. The van der Waals surface area contributed by atoms with Crippen LogP contribution in [-0.2, 0) is 16.0 Å². The van der Waals surface area contributed by atoms with E-state index in [1.165, 1.54) is 11.8 Å². The zero-order valence-corrected chi connectivity index (χ0v) is 17.8. The number of nitrogens with one attached hydrogen (secondary N) is 1. The van der Waals surface area contributed by atoms with Crippen LogP contribution in [0.3, 0.4) is 0 Å². The van der Waals surface area contributed by atoms with Crippen molar-refractivity contribution in [1.82, 2.24) is 14.9 Å². The number of carbonyl (C=O) groups excluding carboxylic acids is 1. The molecule has 7 nitrogen and oxygen atoms in total. The maximum atomic E-state index is 13.1. The highest BCUT2D eigenvalue weighted by Gasteiger charge is 2.23. The highest BCUT2D eigenvalue weighted by Crippen LogP contribution is 2.30. The maximum Gasteiger partial charge on any atom is 0.272 e. The molecule has 0 saturated carbocycles. The molecule has 2 aliphatic rings. The third kappa shape index (κ3) is 4.62. The average Bonchev–Trinajstić information content (AvgIpc) is 3.43. The van der Waals surface area contributed by atoms with E-state index in [0.29, 0.717) is 28.0 Å². The van der Waals surface area contributed by atoms with Crippen molar-refractivity contribution in [1.29, 1.82) is 0 Å². The van der Waals surface area contributed by atoms with E-state index >= 15 is 0 Å². The van der Waals surface area contributed by atoms with Gasteiger partial charge in [0.2, 0.25) is 5.91 Å². The fraction of sp³-hybridized carbons (Fsp3) is 0.450. The summed E-state index contributed by atoms with van der Waals surface area (Å²) in [7, 11) is 1.60. The first kappa shape index (κ1) is 20.3. The first-order valence-corrected chi connectivity index (χ1v) is 11.6. The Morgan fingerprint density at radius 1 is 1.41 bits per heavy atom. The Morgan fingerprint density at radius 2 is 2.24 bits per heavy atom. The molecule has 1 N–H and O–H groups in total. The predicted molar refractivity (Wildman–Crippen MR) is 114 cm³/mol. The molecule has 0 spiro atoms. The van der Waals surface area contributed by atoms with Gasteiger partial charge in [-0.3, -0.25) is 14.2 Å². The van der Waals surface area contributed by atoms with E-state index in [4.69, 9.17) is 14.5 Å². The van der Waals surface area contributed by atoms with E-state index in [0.717, 1.165) is 37.3 Å². The molecule has 154 valence electrons. The second-order valence-electron chi connectivity index (χ2n) is 6.84. The summed E-state index contributed by atoms with van der Waals surface area (Å²) in [6.45, 7) is 1.29. The molecular weight excluding hydrogens is 410 g/mol. The molecule has 1 amide bonds. The van der Waals surface area contributed by atoms with E-state index in [-0.39, 0.29) is 23.3 Å². The van der Waals surface area contributed by atoms with Gasteiger partial charge in [-0.15, -0.1) is 11.8 Å². The third-order valence-corrected chi connectivity index (χ3v) is 6.93. The summed E-state index contributed by atoms with van der Waals surface area (Å²) in [6, 6.07) is 7.28. The van der Waals surface area contributed by atoms with Crippen molar-refractivity contribution in [3.05, 3.63) is 40.3 Å². The number of benzene rings is 1. The summed E-state index contributed by atoms with van der Waals surface area (Å²) in [5, 5.41) is 3.45. The molecule has 1 aromatic carbocycles. The fourth-order valence-corrected chi connectivity index (χ4v) is 5.25. The number of ether oxygens (including phenoxy) is 2. The topological polar surface area (TPSA) is 82.4 Å². The lowest BCUT2D eigenvalue weighted by molar-refractivity contribution is -0.119. The molecule has 1 saturated heterocycles. The number of fused-ring (bicyclic) bond motifs is 1. The van der Waals surface area contributed by atoms with E-state index in [1.807, 2.05) is 24.3 Å². The molecule has 3 heterocycles.